The third kappa shape index (κ3) is 4.15. The van der Waals surface area contributed by atoms with E-state index in [1.807, 2.05) is 6.07 Å². The molecular formula is C22H19N3O5. The first-order valence-corrected chi connectivity index (χ1v) is 9.01. The number of hydrogen-bond acceptors (Lipinski definition) is 7. The first kappa shape index (κ1) is 20.6. The molecule has 0 spiro atoms. The van der Waals surface area contributed by atoms with Crippen molar-refractivity contribution in [2.75, 3.05) is 13.7 Å². The summed E-state index contributed by atoms with van der Waals surface area (Å²) in [5.41, 5.74) is -0.252. The Bertz CT molecular complexity index is 1160. The molecule has 0 amide bonds. The van der Waals surface area contributed by atoms with Crippen molar-refractivity contribution in [3.63, 3.8) is 0 Å². The smallest absolute Gasteiger partial charge is 0.271 e. The Morgan fingerprint density at radius 2 is 1.93 bits per heavy atom. The van der Waals surface area contributed by atoms with E-state index in [1.165, 1.54) is 20.2 Å². The number of aromatic hydroxyl groups is 1. The predicted molar refractivity (Wildman–Crippen MR) is 108 cm³/mol. The highest BCUT2D eigenvalue weighted by Crippen LogP contribution is 2.24. The van der Waals surface area contributed by atoms with E-state index < -0.39 is 17.2 Å². The van der Waals surface area contributed by atoms with Crippen molar-refractivity contribution in [1.82, 2.24) is 9.55 Å². The van der Waals surface area contributed by atoms with Crippen molar-refractivity contribution in [2.45, 2.75) is 13.5 Å². The van der Waals surface area contributed by atoms with Gasteiger partial charge in [0.1, 0.15) is 23.1 Å². The fraction of sp³-hybridized carbons (Fsp3) is 0.182. The van der Waals surface area contributed by atoms with Crippen molar-refractivity contribution >= 4 is 5.78 Å². The molecule has 0 saturated heterocycles. The van der Waals surface area contributed by atoms with Gasteiger partial charge in [0.25, 0.3) is 5.56 Å². The van der Waals surface area contributed by atoms with E-state index in [2.05, 4.69) is 4.98 Å². The topological polar surface area (TPSA) is 114 Å². The Labute approximate surface area is 172 Å². The SMILES string of the molecule is COc1ccc(OCC(=O)c2c(C)c(C#N)c(=O)n(Cc3cccnc3)c2O)cc1. The highest BCUT2D eigenvalue weighted by atomic mass is 16.5. The minimum absolute atomic E-state index is 0.0346. The normalized spacial score (nSPS) is 10.3. The van der Waals surface area contributed by atoms with Crippen LogP contribution in [0.1, 0.15) is 27.0 Å². The number of nitriles is 1. The molecule has 1 aromatic carbocycles. The number of pyridine rings is 2. The van der Waals surface area contributed by atoms with Gasteiger partial charge in [-0.2, -0.15) is 5.26 Å². The number of Topliss-reactive ketones (excluding diaryl/α,β-unsaturated/α-hetero) is 1. The third-order valence-electron chi connectivity index (χ3n) is 4.57. The van der Waals surface area contributed by atoms with Crippen LogP contribution in [0.5, 0.6) is 17.4 Å². The molecule has 2 heterocycles. The van der Waals surface area contributed by atoms with Gasteiger partial charge in [-0.3, -0.25) is 19.1 Å². The van der Waals surface area contributed by atoms with E-state index in [0.29, 0.717) is 17.1 Å². The number of carbonyl (C=O) groups is 1. The van der Waals surface area contributed by atoms with Crippen LogP contribution in [0, 0.1) is 18.3 Å². The second-order valence-corrected chi connectivity index (χ2v) is 6.45. The number of ether oxygens (including phenoxy) is 2. The summed E-state index contributed by atoms with van der Waals surface area (Å²) in [7, 11) is 1.54. The van der Waals surface area contributed by atoms with Crippen LogP contribution in [0.15, 0.2) is 53.6 Å². The summed E-state index contributed by atoms with van der Waals surface area (Å²) >= 11 is 0. The Balaban J connectivity index is 1.94. The lowest BCUT2D eigenvalue weighted by molar-refractivity contribution is 0.0916. The molecule has 2 aromatic heterocycles. The number of methoxy groups -OCH3 is 1. The monoisotopic (exact) mass is 405 g/mol. The van der Waals surface area contributed by atoms with Gasteiger partial charge in [-0.1, -0.05) is 6.07 Å². The van der Waals surface area contributed by atoms with Crippen LogP contribution >= 0.6 is 0 Å². The van der Waals surface area contributed by atoms with Gasteiger partial charge in [0.2, 0.25) is 11.7 Å². The molecule has 0 aliphatic carbocycles. The molecule has 0 fully saturated rings. The van der Waals surface area contributed by atoms with E-state index >= 15 is 0 Å². The lowest BCUT2D eigenvalue weighted by Crippen LogP contribution is -2.28. The molecule has 3 aromatic rings. The molecule has 152 valence electrons. The zero-order valence-electron chi connectivity index (χ0n) is 16.5. The molecule has 30 heavy (non-hydrogen) atoms. The minimum Gasteiger partial charge on any atom is -0.497 e. The molecule has 0 aliphatic rings. The highest BCUT2D eigenvalue weighted by Gasteiger charge is 2.24. The van der Waals surface area contributed by atoms with E-state index in [9.17, 15) is 20.0 Å². The lowest BCUT2D eigenvalue weighted by atomic mass is 10.0. The van der Waals surface area contributed by atoms with Crippen molar-refractivity contribution in [3.05, 3.63) is 81.4 Å². The fourth-order valence-corrected chi connectivity index (χ4v) is 3.00. The summed E-state index contributed by atoms with van der Waals surface area (Å²) in [4.78, 5) is 29.5. The molecule has 0 unspecified atom stereocenters. The van der Waals surface area contributed by atoms with Crippen LogP contribution in [0.4, 0.5) is 0 Å². The lowest BCUT2D eigenvalue weighted by Gasteiger charge is -2.16. The first-order valence-electron chi connectivity index (χ1n) is 9.01. The van der Waals surface area contributed by atoms with Crippen LogP contribution in [0.3, 0.4) is 0 Å². The second-order valence-electron chi connectivity index (χ2n) is 6.45. The van der Waals surface area contributed by atoms with Gasteiger partial charge in [-0.05, 0) is 48.4 Å². The van der Waals surface area contributed by atoms with Crippen LogP contribution in [-0.2, 0) is 6.54 Å². The number of ketones is 1. The van der Waals surface area contributed by atoms with Crippen LogP contribution in [0.2, 0.25) is 0 Å². The van der Waals surface area contributed by atoms with Gasteiger partial charge in [0, 0.05) is 12.4 Å². The molecule has 0 radical (unpaired) electrons. The summed E-state index contributed by atoms with van der Waals surface area (Å²) < 4.78 is 11.6. The molecule has 0 bridgehead atoms. The first-order chi connectivity index (χ1) is 14.5. The third-order valence-corrected chi connectivity index (χ3v) is 4.57. The number of carbonyl (C=O) groups excluding carboxylic acids is 1. The quantitative estimate of drug-likeness (QED) is 0.601. The van der Waals surface area contributed by atoms with E-state index in [-0.39, 0.29) is 29.8 Å². The number of benzene rings is 1. The minimum atomic E-state index is -0.677. The van der Waals surface area contributed by atoms with Gasteiger partial charge in [0.15, 0.2) is 6.61 Å². The van der Waals surface area contributed by atoms with Crippen molar-refractivity contribution in [1.29, 1.82) is 5.26 Å². The Morgan fingerprint density at radius 1 is 1.23 bits per heavy atom. The Morgan fingerprint density at radius 3 is 2.53 bits per heavy atom. The van der Waals surface area contributed by atoms with Gasteiger partial charge in [-0.15, -0.1) is 0 Å². The average Bonchev–Trinajstić information content (AvgIpc) is 2.76. The average molecular weight is 405 g/mol. The van der Waals surface area contributed by atoms with Gasteiger partial charge < -0.3 is 14.6 Å². The summed E-state index contributed by atoms with van der Waals surface area (Å²) in [5.74, 6) is 0.00900. The number of hydrogen-bond donors (Lipinski definition) is 1. The van der Waals surface area contributed by atoms with Crippen LogP contribution < -0.4 is 15.0 Å². The van der Waals surface area contributed by atoms with E-state index in [0.717, 1.165) is 4.57 Å². The van der Waals surface area contributed by atoms with Crippen molar-refractivity contribution in [3.8, 4) is 23.4 Å². The Kier molecular flexibility index (Phi) is 6.13. The number of rotatable bonds is 7. The standard InChI is InChI=1S/C22H19N3O5/c1-14-18(10-23)21(27)25(12-15-4-3-9-24-11-15)22(28)20(14)19(26)13-30-17-7-5-16(29-2)6-8-17/h3-9,11,28H,12-13H2,1-2H3. The molecule has 8 nitrogen and oxygen atoms in total. The molecule has 8 heteroatoms. The zero-order valence-corrected chi connectivity index (χ0v) is 16.5. The maximum atomic E-state index is 12.8. The maximum absolute atomic E-state index is 12.8. The number of nitrogens with zero attached hydrogens (tertiary/aromatic N) is 3. The predicted octanol–water partition coefficient (Wildman–Crippen LogP) is 2.45. The molecule has 0 aliphatic heterocycles. The molecule has 0 saturated carbocycles. The van der Waals surface area contributed by atoms with Gasteiger partial charge in [0.05, 0.1) is 19.2 Å². The summed E-state index contributed by atoms with van der Waals surface area (Å²) in [6.07, 6.45) is 3.11. The Hall–Kier alpha value is -4.12. The van der Waals surface area contributed by atoms with E-state index in [4.69, 9.17) is 9.47 Å². The van der Waals surface area contributed by atoms with Crippen LogP contribution in [0.25, 0.3) is 0 Å². The largest absolute Gasteiger partial charge is 0.497 e. The highest BCUT2D eigenvalue weighted by molar-refractivity contribution is 6.01. The van der Waals surface area contributed by atoms with Crippen molar-refractivity contribution < 1.29 is 19.4 Å². The molecule has 3 rings (SSSR count). The van der Waals surface area contributed by atoms with Gasteiger partial charge >= 0.3 is 0 Å². The van der Waals surface area contributed by atoms with E-state index in [1.54, 1.807) is 42.6 Å². The van der Waals surface area contributed by atoms with Crippen molar-refractivity contribution in [2.24, 2.45) is 0 Å². The zero-order chi connectivity index (χ0) is 21.7. The summed E-state index contributed by atoms with van der Waals surface area (Å²) in [5, 5.41) is 20.1. The summed E-state index contributed by atoms with van der Waals surface area (Å²) in [6, 6.07) is 11.9. The second kappa shape index (κ2) is 8.92. The maximum Gasteiger partial charge on any atom is 0.271 e. The molecule has 0 atom stereocenters. The van der Waals surface area contributed by atoms with Gasteiger partial charge in [-0.25, -0.2) is 0 Å². The number of aromatic nitrogens is 2. The van der Waals surface area contributed by atoms with Crippen LogP contribution in [-0.4, -0.2) is 34.2 Å². The molecular weight excluding hydrogens is 386 g/mol. The summed E-state index contributed by atoms with van der Waals surface area (Å²) in [6.45, 7) is 1.04. The molecule has 1 N–H and O–H groups in total. The fourth-order valence-electron chi connectivity index (χ4n) is 3.00.